The molecular weight excluding hydrogens is 286 g/mol. The highest BCUT2D eigenvalue weighted by molar-refractivity contribution is 6.31. The Labute approximate surface area is 131 Å². The first-order chi connectivity index (χ1) is 10.1. The minimum absolute atomic E-state index is 0.131. The van der Waals surface area contributed by atoms with Crippen LogP contribution in [0.4, 0.5) is 0 Å². The minimum atomic E-state index is 0.131. The summed E-state index contributed by atoms with van der Waals surface area (Å²) in [6.07, 6.45) is 6.51. The Morgan fingerprint density at radius 1 is 1.48 bits per heavy atom. The second kappa shape index (κ2) is 6.01. The van der Waals surface area contributed by atoms with Crippen LogP contribution in [0.2, 0.25) is 5.02 Å². The molecule has 1 aliphatic heterocycles. The highest BCUT2D eigenvalue weighted by atomic mass is 35.5. The monoisotopic (exact) mass is 309 g/mol. The summed E-state index contributed by atoms with van der Waals surface area (Å²) in [6, 6.07) is 2.92. The third kappa shape index (κ3) is 3.27. The average molecular weight is 310 g/mol. The Balaban J connectivity index is 1.80. The fourth-order valence-corrected chi connectivity index (χ4v) is 3.33. The molecule has 1 amide bonds. The summed E-state index contributed by atoms with van der Waals surface area (Å²) < 4.78 is 1.99. The van der Waals surface area contributed by atoms with Gasteiger partial charge in [-0.05, 0) is 52.1 Å². The van der Waals surface area contributed by atoms with Gasteiger partial charge >= 0.3 is 0 Å². The van der Waals surface area contributed by atoms with Gasteiger partial charge in [-0.15, -0.1) is 0 Å². The molecule has 2 aliphatic rings. The number of carbonyl (C=O) groups is 1. The summed E-state index contributed by atoms with van der Waals surface area (Å²) in [5.41, 5.74) is 0.722. The second-order valence-corrected chi connectivity index (χ2v) is 6.96. The smallest absolute Gasteiger partial charge is 0.270 e. The minimum Gasteiger partial charge on any atom is -0.339 e. The molecule has 1 aromatic heterocycles. The van der Waals surface area contributed by atoms with Crippen molar-refractivity contribution >= 4 is 17.5 Å². The van der Waals surface area contributed by atoms with Gasteiger partial charge in [0.25, 0.3) is 5.91 Å². The molecule has 2 heterocycles. The van der Waals surface area contributed by atoms with Crippen LogP contribution in [0.3, 0.4) is 0 Å². The molecule has 4 nitrogen and oxygen atoms in total. The largest absolute Gasteiger partial charge is 0.339 e. The van der Waals surface area contributed by atoms with Gasteiger partial charge in [-0.1, -0.05) is 11.6 Å². The zero-order valence-corrected chi connectivity index (χ0v) is 13.6. The highest BCUT2D eigenvalue weighted by Crippen LogP contribution is 2.30. The summed E-state index contributed by atoms with van der Waals surface area (Å²) in [7, 11) is 0. The Morgan fingerprint density at radius 3 is 2.81 bits per heavy atom. The van der Waals surface area contributed by atoms with Crippen LogP contribution < -0.4 is 5.32 Å². The van der Waals surface area contributed by atoms with Gasteiger partial charge in [0.1, 0.15) is 5.69 Å². The Hall–Kier alpha value is -1.00. The van der Waals surface area contributed by atoms with Crippen molar-refractivity contribution in [3.05, 3.63) is 23.0 Å². The topological polar surface area (TPSA) is 37.3 Å². The van der Waals surface area contributed by atoms with Gasteiger partial charge in [0.15, 0.2) is 0 Å². The van der Waals surface area contributed by atoms with Crippen LogP contribution in [0.25, 0.3) is 0 Å². The van der Waals surface area contributed by atoms with Gasteiger partial charge in [-0.3, -0.25) is 4.79 Å². The molecule has 2 fully saturated rings. The number of carbonyl (C=O) groups excluding carboxylic acids is 1. The van der Waals surface area contributed by atoms with Gasteiger partial charge in [0.2, 0.25) is 0 Å². The molecule has 0 bridgehead atoms. The van der Waals surface area contributed by atoms with E-state index in [1.54, 1.807) is 6.07 Å². The van der Waals surface area contributed by atoms with Crippen LogP contribution in [-0.4, -0.2) is 40.5 Å². The quantitative estimate of drug-likeness (QED) is 0.907. The maximum Gasteiger partial charge on any atom is 0.270 e. The van der Waals surface area contributed by atoms with E-state index >= 15 is 0 Å². The molecule has 1 aromatic rings. The van der Waals surface area contributed by atoms with Crippen LogP contribution >= 0.6 is 11.6 Å². The lowest BCUT2D eigenvalue weighted by Crippen LogP contribution is -2.43. The number of nitrogens with one attached hydrogen (secondary N) is 1. The molecule has 1 unspecified atom stereocenters. The van der Waals surface area contributed by atoms with E-state index in [0.29, 0.717) is 17.1 Å². The number of aromatic nitrogens is 1. The average Bonchev–Trinajstić information content (AvgIpc) is 2.99. The van der Waals surface area contributed by atoms with Crippen molar-refractivity contribution in [2.75, 3.05) is 13.1 Å². The lowest BCUT2D eigenvalue weighted by atomic mass is 10.2. The maximum absolute atomic E-state index is 13.0. The van der Waals surface area contributed by atoms with Crippen molar-refractivity contribution < 1.29 is 4.79 Å². The molecule has 0 spiro atoms. The van der Waals surface area contributed by atoms with Crippen molar-refractivity contribution in [1.29, 1.82) is 0 Å². The fourth-order valence-electron chi connectivity index (χ4n) is 3.13. The first-order valence-electron chi connectivity index (χ1n) is 7.98. The van der Waals surface area contributed by atoms with E-state index in [1.165, 1.54) is 12.8 Å². The van der Waals surface area contributed by atoms with E-state index < -0.39 is 0 Å². The molecule has 1 atom stereocenters. The van der Waals surface area contributed by atoms with Gasteiger partial charge in [-0.2, -0.15) is 0 Å². The molecule has 1 aliphatic carbocycles. The van der Waals surface area contributed by atoms with Crippen molar-refractivity contribution in [2.24, 2.45) is 0 Å². The molecule has 21 heavy (non-hydrogen) atoms. The summed E-state index contributed by atoms with van der Waals surface area (Å²) >= 11 is 6.12. The summed E-state index contributed by atoms with van der Waals surface area (Å²) in [5.74, 6) is 0.131. The van der Waals surface area contributed by atoms with E-state index in [9.17, 15) is 4.79 Å². The molecule has 3 rings (SSSR count). The van der Waals surface area contributed by atoms with Crippen molar-refractivity contribution in [3.63, 3.8) is 0 Å². The number of hydrogen-bond donors (Lipinski definition) is 1. The highest BCUT2D eigenvalue weighted by Gasteiger charge is 2.36. The lowest BCUT2D eigenvalue weighted by Gasteiger charge is -2.27. The molecule has 0 aromatic carbocycles. The van der Waals surface area contributed by atoms with E-state index in [1.807, 2.05) is 10.8 Å². The van der Waals surface area contributed by atoms with E-state index in [-0.39, 0.29) is 11.9 Å². The zero-order valence-electron chi connectivity index (χ0n) is 12.8. The van der Waals surface area contributed by atoms with Gasteiger partial charge in [0.05, 0.1) is 5.02 Å². The maximum atomic E-state index is 13.0. The van der Waals surface area contributed by atoms with Crippen LogP contribution in [-0.2, 0) is 0 Å². The Bertz CT molecular complexity index is 516. The third-order valence-corrected chi connectivity index (χ3v) is 4.63. The molecule has 1 saturated carbocycles. The van der Waals surface area contributed by atoms with Crippen LogP contribution in [0.1, 0.15) is 56.1 Å². The first-order valence-corrected chi connectivity index (χ1v) is 8.36. The van der Waals surface area contributed by atoms with Crippen LogP contribution in [0.5, 0.6) is 0 Å². The molecule has 0 radical (unpaired) electrons. The molecule has 1 saturated heterocycles. The van der Waals surface area contributed by atoms with E-state index in [2.05, 4.69) is 24.1 Å². The van der Waals surface area contributed by atoms with Gasteiger partial charge in [0, 0.05) is 30.9 Å². The predicted octanol–water partition coefficient (Wildman–Crippen LogP) is 3.08. The number of hydrogen-bond acceptors (Lipinski definition) is 2. The van der Waals surface area contributed by atoms with Gasteiger partial charge < -0.3 is 14.8 Å². The number of rotatable bonds is 5. The van der Waals surface area contributed by atoms with Gasteiger partial charge in [-0.25, -0.2) is 0 Å². The second-order valence-electron chi connectivity index (χ2n) is 6.53. The summed E-state index contributed by atoms with van der Waals surface area (Å²) in [6.45, 7) is 6.05. The molecule has 1 N–H and O–H groups in total. The molecular formula is C16H24ClN3O. The molecule has 5 heteroatoms. The fraction of sp³-hybridized carbons (Fsp3) is 0.688. The zero-order chi connectivity index (χ0) is 15.0. The molecule has 116 valence electrons. The third-order valence-electron chi connectivity index (χ3n) is 4.42. The standard InChI is InChI=1S/C16H24ClN3O/c1-11(2)19-9-12(17)8-15(19)16(21)20(14-5-6-14)10-13-4-3-7-18-13/h8-9,11,13-14,18H,3-7,10H2,1-2H3. The number of nitrogens with zero attached hydrogens (tertiary/aromatic N) is 2. The Kier molecular flexibility index (Phi) is 4.27. The van der Waals surface area contributed by atoms with Crippen LogP contribution in [0, 0.1) is 0 Å². The van der Waals surface area contributed by atoms with Crippen molar-refractivity contribution in [2.45, 2.75) is 57.7 Å². The lowest BCUT2D eigenvalue weighted by molar-refractivity contribution is 0.0716. The normalized spacial score (nSPS) is 22.0. The summed E-state index contributed by atoms with van der Waals surface area (Å²) in [5, 5.41) is 4.13. The number of halogens is 1. The van der Waals surface area contributed by atoms with E-state index in [4.69, 9.17) is 11.6 Å². The SMILES string of the molecule is CC(C)n1cc(Cl)cc1C(=O)N(CC1CCCN1)C1CC1. The number of amides is 1. The van der Waals surface area contributed by atoms with Crippen molar-refractivity contribution in [1.82, 2.24) is 14.8 Å². The van der Waals surface area contributed by atoms with Crippen molar-refractivity contribution in [3.8, 4) is 0 Å². The van der Waals surface area contributed by atoms with E-state index in [0.717, 1.165) is 31.6 Å². The first kappa shape index (κ1) is 14.9. The van der Waals surface area contributed by atoms with Crippen LogP contribution in [0.15, 0.2) is 12.3 Å². The summed E-state index contributed by atoms with van der Waals surface area (Å²) in [4.78, 5) is 15.0. The predicted molar refractivity (Wildman–Crippen MR) is 84.9 cm³/mol. The Morgan fingerprint density at radius 2 is 2.24 bits per heavy atom.